The van der Waals surface area contributed by atoms with Crippen LogP contribution in [0.5, 0.6) is 0 Å². The molecule has 0 aromatic rings. The van der Waals surface area contributed by atoms with Crippen molar-refractivity contribution in [3.8, 4) is 0 Å². The Morgan fingerprint density at radius 1 is 1.30 bits per heavy atom. The molecule has 0 atom stereocenters. The lowest BCUT2D eigenvalue weighted by atomic mass is 11.1. The van der Waals surface area contributed by atoms with Crippen molar-refractivity contribution >= 4 is 10.0 Å². The van der Waals surface area contributed by atoms with Gasteiger partial charge in [-0.05, 0) is 0 Å². The van der Waals surface area contributed by atoms with E-state index in [0.717, 1.165) is 6.26 Å². The summed E-state index contributed by atoms with van der Waals surface area (Å²) in [4.78, 5) is 0. The summed E-state index contributed by atoms with van der Waals surface area (Å²) in [6.07, 6.45) is 0.132. The maximum absolute atomic E-state index is 10.5. The Bertz CT molecular complexity index is 172. The second kappa shape index (κ2) is 3.87. The summed E-state index contributed by atoms with van der Waals surface area (Å²) < 4.78 is 32.2. The van der Waals surface area contributed by atoms with Gasteiger partial charge in [0.05, 0.1) is 6.26 Å². The van der Waals surface area contributed by atoms with Crippen molar-refractivity contribution in [2.24, 2.45) is 0 Å². The van der Waals surface area contributed by atoms with Crippen LogP contribution >= 0.6 is 0 Å². The van der Waals surface area contributed by atoms with Gasteiger partial charge in [-0.1, -0.05) is 0 Å². The van der Waals surface area contributed by atoms with Gasteiger partial charge in [0.1, 0.15) is 0 Å². The summed E-state index contributed by atoms with van der Waals surface area (Å²) in [7, 11) is -0.568. The number of nitrogens with one attached hydrogen (secondary N) is 1. The summed E-state index contributed by atoms with van der Waals surface area (Å²) in [6, 6.07) is 0. The first kappa shape index (κ1) is 9.83. The summed E-state index contributed by atoms with van der Waals surface area (Å²) in [5.41, 5.74) is 0. The second-order valence-corrected chi connectivity index (χ2v) is 3.47. The molecule has 0 aromatic heterocycles. The summed E-state index contributed by atoms with van der Waals surface area (Å²) in [6.45, 7) is 0. The summed E-state index contributed by atoms with van der Waals surface area (Å²) >= 11 is 0. The fraction of sp³-hybridized carbons (Fsp3) is 1.00. The lowest BCUT2D eigenvalue weighted by Crippen LogP contribution is -2.36. The van der Waals surface area contributed by atoms with Crippen molar-refractivity contribution < 1.29 is 17.9 Å². The van der Waals surface area contributed by atoms with Gasteiger partial charge in [0, 0.05) is 14.2 Å². The van der Waals surface area contributed by atoms with Crippen molar-refractivity contribution in [2.45, 2.75) is 6.41 Å². The third-order valence-electron chi connectivity index (χ3n) is 0.738. The molecule has 62 valence electrons. The topological polar surface area (TPSA) is 64.6 Å². The zero-order valence-corrected chi connectivity index (χ0v) is 6.94. The van der Waals surface area contributed by atoms with E-state index in [1.54, 1.807) is 0 Å². The average Bonchev–Trinajstić information content (AvgIpc) is 1.81. The van der Waals surface area contributed by atoms with Crippen LogP contribution in [0.1, 0.15) is 0 Å². The molecule has 1 N–H and O–H groups in total. The van der Waals surface area contributed by atoms with Crippen LogP contribution in [0, 0.1) is 0 Å². The molecule has 0 aliphatic carbocycles. The molecular formula is C4H11NO4S. The van der Waals surface area contributed by atoms with E-state index in [1.807, 2.05) is 0 Å². The first-order valence-electron chi connectivity index (χ1n) is 2.52. The standard InChI is InChI=1S/C4H11NO4S/c1-8-4(9-2)5-10(3,6)7/h4-5H,1-3H3. The molecule has 0 amide bonds. The van der Waals surface area contributed by atoms with Crippen LogP contribution < -0.4 is 4.72 Å². The SMILES string of the molecule is COC(NS(C)(=O)=O)OC. The van der Waals surface area contributed by atoms with E-state index in [4.69, 9.17) is 0 Å². The van der Waals surface area contributed by atoms with Crippen LogP contribution in [-0.4, -0.2) is 35.3 Å². The van der Waals surface area contributed by atoms with Crippen LogP contribution in [-0.2, 0) is 19.5 Å². The fourth-order valence-electron chi connectivity index (χ4n) is 0.367. The van der Waals surface area contributed by atoms with Gasteiger partial charge in [0.25, 0.3) is 0 Å². The fourth-order valence-corrected chi connectivity index (χ4v) is 0.909. The predicted molar refractivity (Wildman–Crippen MR) is 35.8 cm³/mol. The van der Waals surface area contributed by atoms with Gasteiger partial charge in [-0.15, -0.1) is 0 Å². The zero-order chi connectivity index (χ0) is 8.20. The smallest absolute Gasteiger partial charge is 0.228 e. The highest BCUT2D eigenvalue weighted by molar-refractivity contribution is 7.88. The van der Waals surface area contributed by atoms with Gasteiger partial charge < -0.3 is 9.47 Å². The molecule has 0 heterocycles. The molecule has 5 nitrogen and oxygen atoms in total. The third kappa shape index (κ3) is 4.68. The van der Waals surface area contributed by atoms with Crippen molar-refractivity contribution in [1.29, 1.82) is 0 Å². The highest BCUT2D eigenvalue weighted by Crippen LogP contribution is 1.86. The van der Waals surface area contributed by atoms with E-state index in [0.29, 0.717) is 0 Å². The maximum atomic E-state index is 10.5. The van der Waals surface area contributed by atoms with Crippen LogP contribution in [0.4, 0.5) is 0 Å². The predicted octanol–water partition coefficient (Wildman–Crippen LogP) is -0.888. The van der Waals surface area contributed by atoms with E-state index >= 15 is 0 Å². The van der Waals surface area contributed by atoms with Gasteiger partial charge in [0.2, 0.25) is 16.4 Å². The number of hydrogen-bond acceptors (Lipinski definition) is 4. The number of rotatable bonds is 4. The average molecular weight is 169 g/mol. The molecule has 0 aromatic carbocycles. The van der Waals surface area contributed by atoms with Crippen molar-refractivity contribution in [2.75, 3.05) is 20.5 Å². The lowest BCUT2D eigenvalue weighted by molar-refractivity contribution is -0.108. The molecule has 0 radical (unpaired) electrons. The largest absolute Gasteiger partial charge is 0.342 e. The minimum Gasteiger partial charge on any atom is -0.342 e. The molecule has 0 unspecified atom stereocenters. The van der Waals surface area contributed by atoms with Gasteiger partial charge in [-0.2, -0.15) is 4.72 Å². The second-order valence-electron chi connectivity index (χ2n) is 1.69. The van der Waals surface area contributed by atoms with Gasteiger partial charge in [0.15, 0.2) is 0 Å². The molecular weight excluding hydrogens is 158 g/mol. The highest BCUT2D eigenvalue weighted by atomic mass is 32.2. The molecule has 0 fully saturated rings. The Balaban J connectivity index is 3.87. The summed E-state index contributed by atoms with van der Waals surface area (Å²) in [5, 5.41) is 0. The number of methoxy groups -OCH3 is 2. The van der Waals surface area contributed by atoms with Gasteiger partial charge in [-0.3, -0.25) is 0 Å². The van der Waals surface area contributed by atoms with Gasteiger partial charge in [-0.25, -0.2) is 8.42 Å². The minimum atomic E-state index is -3.25. The Morgan fingerprint density at radius 3 is 1.80 bits per heavy atom. The first-order valence-corrected chi connectivity index (χ1v) is 4.41. The van der Waals surface area contributed by atoms with Crippen LogP contribution in [0.25, 0.3) is 0 Å². The Kier molecular flexibility index (Phi) is 3.80. The van der Waals surface area contributed by atoms with E-state index in [1.165, 1.54) is 14.2 Å². The quantitative estimate of drug-likeness (QED) is 0.555. The number of hydrogen-bond donors (Lipinski definition) is 1. The van der Waals surface area contributed by atoms with E-state index < -0.39 is 16.4 Å². The highest BCUT2D eigenvalue weighted by Gasteiger charge is 2.09. The molecule has 0 rings (SSSR count). The van der Waals surface area contributed by atoms with Crippen molar-refractivity contribution in [3.05, 3.63) is 0 Å². The summed E-state index contributed by atoms with van der Waals surface area (Å²) in [5.74, 6) is 0. The van der Waals surface area contributed by atoms with Crippen molar-refractivity contribution in [1.82, 2.24) is 4.72 Å². The van der Waals surface area contributed by atoms with Crippen LogP contribution in [0.2, 0.25) is 0 Å². The third-order valence-corrected chi connectivity index (χ3v) is 1.36. The van der Waals surface area contributed by atoms with E-state index in [9.17, 15) is 8.42 Å². The normalized spacial score (nSPS) is 12.4. The van der Waals surface area contributed by atoms with E-state index in [-0.39, 0.29) is 0 Å². The molecule has 0 saturated heterocycles. The molecule has 0 spiro atoms. The number of sulfonamides is 1. The molecule has 6 heteroatoms. The molecule has 0 saturated carbocycles. The Labute approximate surface area is 60.4 Å². The zero-order valence-electron chi connectivity index (χ0n) is 6.12. The monoisotopic (exact) mass is 169 g/mol. The first-order chi connectivity index (χ1) is 4.49. The maximum Gasteiger partial charge on any atom is 0.228 e. The van der Waals surface area contributed by atoms with Crippen LogP contribution in [0.3, 0.4) is 0 Å². The molecule has 0 aliphatic heterocycles. The molecule has 10 heavy (non-hydrogen) atoms. The van der Waals surface area contributed by atoms with E-state index in [2.05, 4.69) is 14.2 Å². The lowest BCUT2D eigenvalue weighted by Gasteiger charge is -2.12. The molecule has 0 aliphatic rings. The Hall–Kier alpha value is -0.170. The Morgan fingerprint density at radius 2 is 1.70 bits per heavy atom. The van der Waals surface area contributed by atoms with Crippen molar-refractivity contribution in [3.63, 3.8) is 0 Å². The molecule has 0 bridgehead atoms. The number of ether oxygens (including phenoxy) is 2. The van der Waals surface area contributed by atoms with Crippen LogP contribution in [0.15, 0.2) is 0 Å². The van der Waals surface area contributed by atoms with Gasteiger partial charge >= 0.3 is 0 Å². The minimum absolute atomic E-state index is 0.894.